The number of carbonyl (C=O) groups is 2. The molecular weight excluding hydrogens is 710 g/mol. The van der Waals surface area contributed by atoms with Crippen LogP contribution < -0.4 is 14.4 Å². The molecule has 11 heteroatoms. The summed E-state index contributed by atoms with van der Waals surface area (Å²) in [4.78, 5) is 31.0. The Balaban J connectivity index is 1.79. The fraction of sp³-hybridized carbons (Fsp3) is 0.297. The second-order valence-electron chi connectivity index (χ2n) is 11.1. The van der Waals surface area contributed by atoms with Crippen LogP contribution in [0.25, 0.3) is 0 Å². The van der Waals surface area contributed by atoms with E-state index in [1.54, 1.807) is 48.5 Å². The van der Waals surface area contributed by atoms with Crippen LogP contribution in [0.3, 0.4) is 0 Å². The molecule has 0 aliphatic carbocycles. The number of ether oxygens (including phenoxy) is 1. The number of hydrogen-bond donors (Lipinski definition) is 1. The lowest BCUT2D eigenvalue weighted by atomic mass is 10.0. The van der Waals surface area contributed by atoms with Crippen LogP contribution in [0.4, 0.5) is 5.69 Å². The summed E-state index contributed by atoms with van der Waals surface area (Å²) in [6, 6.07) is 29.3. The minimum absolute atomic E-state index is 0.0552. The molecule has 4 rings (SSSR count). The summed E-state index contributed by atoms with van der Waals surface area (Å²) in [6.45, 7) is 4.41. The van der Waals surface area contributed by atoms with Crippen LogP contribution in [-0.4, -0.2) is 57.1 Å². The first-order valence-electron chi connectivity index (χ1n) is 15.9. The van der Waals surface area contributed by atoms with Crippen molar-refractivity contribution >= 4 is 55.2 Å². The maximum absolute atomic E-state index is 14.6. The van der Waals surface area contributed by atoms with E-state index in [0.29, 0.717) is 24.6 Å². The third-order valence-corrected chi connectivity index (χ3v) is 10.8. The molecule has 1 N–H and O–H groups in total. The predicted octanol–water partition coefficient (Wildman–Crippen LogP) is 7.32. The molecule has 0 radical (unpaired) electrons. The minimum atomic E-state index is -4.20. The Morgan fingerprint density at radius 2 is 1.54 bits per heavy atom. The molecule has 2 amide bonds. The Hall–Kier alpha value is -3.80. The van der Waals surface area contributed by atoms with Gasteiger partial charge in [-0.1, -0.05) is 71.7 Å². The highest BCUT2D eigenvalue weighted by atomic mass is 79.9. The number of unbranched alkanes of at least 4 members (excludes halogenated alkanes) is 1. The predicted molar refractivity (Wildman–Crippen MR) is 197 cm³/mol. The van der Waals surface area contributed by atoms with Gasteiger partial charge in [0.05, 0.1) is 17.2 Å². The molecular formula is C37H42BrN3O5S2. The molecule has 254 valence electrons. The van der Waals surface area contributed by atoms with Gasteiger partial charge >= 0.3 is 0 Å². The molecule has 1 atom stereocenters. The van der Waals surface area contributed by atoms with Crippen LogP contribution in [0, 0.1) is 0 Å². The van der Waals surface area contributed by atoms with Crippen molar-refractivity contribution in [3.05, 3.63) is 119 Å². The molecule has 0 aliphatic heterocycles. The highest BCUT2D eigenvalue weighted by Gasteiger charge is 2.34. The third-order valence-electron chi connectivity index (χ3n) is 7.73. The lowest BCUT2D eigenvalue weighted by Gasteiger charge is -2.34. The summed E-state index contributed by atoms with van der Waals surface area (Å²) in [5.41, 5.74) is 1.98. The van der Waals surface area contributed by atoms with E-state index in [4.69, 9.17) is 4.74 Å². The monoisotopic (exact) mass is 751 g/mol. The van der Waals surface area contributed by atoms with E-state index in [9.17, 15) is 18.0 Å². The first-order valence-corrected chi connectivity index (χ1v) is 19.4. The second kappa shape index (κ2) is 18.1. The van der Waals surface area contributed by atoms with Crippen LogP contribution in [0.5, 0.6) is 5.75 Å². The number of nitrogens with one attached hydrogen (secondary N) is 1. The van der Waals surface area contributed by atoms with Crippen molar-refractivity contribution in [2.24, 2.45) is 0 Å². The number of sulfonamides is 1. The summed E-state index contributed by atoms with van der Waals surface area (Å²) in [5.74, 6) is -0.221. The molecule has 0 spiro atoms. The smallest absolute Gasteiger partial charge is 0.264 e. The van der Waals surface area contributed by atoms with Crippen molar-refractivity contribution in [2.45, 2.75) is 55.5 Å². The molecule has 4 aromatic carbocycles. The number of halogens is 1. The maximum atomic E-state index is 14.6. The lowest BCUT2D eigenvalue weighted by molar-refractivity contribution is -0.140. The van der Waals surface area contributed by atoms with Gasteiger partial charge in [0.25, 0.3) is 10.0 Å². The number of anilines is 1. The Morgan fingerprint density at radius 3 is 2.15 bits per heavy atom. The van der Waals surface area contributed by atoms with Gasteiger partial charge in [-0.15, -0.1) is 11.8 Å². The molecule has 48 heavy (non-hydrogen) atoms. The zero-order valence-corrected chi connectivity index (χ0v) is 30.7. The van der Waals surface area contributed by atoms with Crippen LogP contribution in [0.1, 0.15) is 37.8 Å². The Bertz CT molecular complexity index is 1720. The van der Waals surface area contributed by atoms with Gasteiger partial charge in [-0.3, -0.25) is 13.9 Å². The lowest BCUT2D eigenvalue weighted by Crippen LogP contribution is -2.53. The fourth-order valence-electron chi connectivity index (χ4n) is 5.13. The number of amides is 2. The number of hydrogen-bond acceptors (Lipinski definition) is 6. The molecule has 0 unspecified atom stereocenters. The van der Waals surface area contributed by atoms with E-state index in [-0.39, 0.29) is 23.8 Å². The standard InChI is InChI=1S/C37H42BrN3O5S2/c1-4-6-24-39-37(43)35(25-28-10-8-7-9-11-28)40(26-29-12-14-30(38)15-13-29)36(42)27-41(31-16-18-32(19-17-31)46-5-2)48(44,45)34-22-20-33(47-3)21-23-34/h7-23,35H,4-6,24-27H2,1-3H3,(H,39,43)/t35-/m1/s1. The van der Waals surface area contributed by atoms with E-state index in [1.165, 1.54) is 16.7 Å². The molecule has 0 aromatic heterocycles. The topological polar surface area (TPSA) is 96.0 Å². The highest BCUT2D eigenvalue weighted by molar-refractivity contribution is 9.10. The molecule has 8 nitrogen and oxygen atoms in total. The molecule has 0 saturated heterocycles. The average molecular weight is 753 g/mol. The number of rotatable bonds is 17. The Kier molecular flexibility index (Phi) is 14.0. The van der Waals surface area contributed by atoms with Crippen molar-refractivity contribution in [1.82, 2.24) is 10.2 Å². The largest absolute Gasteiger partial charge is 0.494 e. The number of nitrogens with zero attached hydrogens (tertiary/aromatic N) is 2. The van der Waals surface area contributed by atoms with Crippen LogP contribution in [-0.2, 0) is 32.6 Å². The van der Waals surface area contributed by atoms with Crippen LogP contribution >= 0.6 is 27.7 Å². The van der Waals surface area contributed by atoms with Gasteiger partial charge < -0.3 is 15.0 Å². The Labute approximate surface area is 297 Å². The molecule has 4 aromatic rings. The Morgan fingerprint density at radius 1 is 0.875 bits per heavy atom. The SMILES string of the molecule is CCCCNC(=O)[C@@H](Cc1ccccc1)N(Cc1ccc(Br)cc1)C(=O)CN(c1ccc(OCC)cc1)S(=O)(=O)c1ccc(SC)cc1. The quantitative estimate of drug-likeness (QED) is 0.0898. The van der Waals surface area contributed by atoms with E-state index in [0.717, 1.165) is 37.6 Å². The summed E-state index contributed by atoms with van der Waals surface area (Å²) in [6.07, 6.45) is 3.87. The average Bonchev–Trinajstić information content (AvgIpc) is 3.10. The van der Waals surface area contributed by atoms with Gasteiger partial charge in [0.1, 0.15) is 18.3 Å². The number of carbonyl (C=O) groups excluding carboxylic acids is 2. The number of benzene rings is 4. The van der Waals surface area contributed by atoms with Crippen molar-refractivity contribution in [3.8, 4) is 5.75 Å². The zero-order chi connectivity index (χ0) is 34.5. The van der Waals surface area contributed by atoms with E-state index >= 15 is 0 Å². The summed E-state index contributed by atoms with van der Waals surface area (Å²) in [5, 5.41) is 3.02. The van der Waals surface area contributed by atoms with Gasteiger partial charge in [0.2, 0.25) is 11.8 Å². The fourth-order valence-corrected chi connectivity index (χ4v) is 7.21. The van der Waals surface area contributed by atoms with E-state index in [2.05, 4.69) is 21.2 Å². The van der Waals surface area contributed by atoms with Crippen molar-refractivity contribution in [3.63, 3.8) is 0 Å². The summed E-state index contributed by atoms with van der Waals surface area (Å²) in [7, 11) is -4.20. The van der Waals surface area contributed by atoms with Crippen molar-refractivity contribution in [1.29, 1.82) is 0 Å². The first kappa shape index (κ1) is 37.0. The van der Waals surface area contributed by atoms with Gasteiger partial charge in [-0.25, -0.2) is 8.42 Å². The molecule has 0 heterocycles. The minimum Gasteiger partial charge on any atom is -0.494 e. The van der Waals surface area contributed by atoms with E-state index < -0.39 is 28.5 Å². The van der Waals surface area contributed by atoms with Gasteiger partial charge in [-0.2, -0.15) is 0 Å². The normalized spacial score (nSPS) is 11.8. The third kappa shape index (κ3) is 10.1. The number of thioether (sulfide) groups is 1. The second-order valence-corrected chi connectivity index (χ2v) is 14.8. The molecule has 0 saturated carbocycles. The summed E-state index contributed by atoms with van der Waals surface area (Å²) >= 11 is 4.98. The zero-order valence-electron chi connectivity index (χ0n) is 27.5. The van der Waals surface area contributed by atoms with Crippen molar-refractivity contribution < 1.29 is 22.7 Å². The summed E-state index contributed by atoms with van der Waals surface area (Å²) < 4.78 is 36.2. The van der Waals surface area contributed by atoms with Crippen molar-refractivity contribution in [2.75, 3.05) is 30.3 Å². The highest BCUT2D eigenvalue weighted by Crippen LogP contribution is 2.28. The molecule has 0 bridgehead atoms. The van der Waals surface area contributed by atoms with Gasteiger partial charge in [0.15, 0.2) is 0 Å². The first-order chi connectivity index (χ1) is 23.2. The maximum Gasteiger partial charge on any atom is 0.264 e. The van der Waals surface area contributed by atoms with Gasteiger partial charge in [0, 0.05) is 28.9 Å². The van der Waals surface area contributed by atoms with Crippen LogP contribution in [0.2, 0.25) is 0 Å². The molecule has 0 fully saturated rings. The van der Waals surface area contributed by atoms with Gasteiger partial charge in [-0.05, 0) is 91.4 Å². The van der Waals surface area contributed by atoms with Crippen LogP contribution in [0.15, 0.2) is 117 Å². The molecule has 0 aliphatic rings. The van der Waals surface area contributed by atoms with E-state index in [1.807, 2.05) is 74.7 Å².